The molecule has 0 aromatic carbocycles. The highest BCUT2D eigenvalue weighted by Crippen LogP contribution is 2.69. The fourth-order valence-corrected chi connectivity index (χ4v) is 9.03. The van der Waals surface area contributed by atoms with Crippen molar-refractivity contribution < 1.29 is 19.7 Å². The lowest BCUT2D eigenvalue weighted by Gasteiger charge is -2.63. The Morgan fingerprint density at radius 3 is 2.39 bits per heavy atom. The van der Waals surface area contributed by atoms with E-state index in [0.29, 0.717) is 52.9 Å². The molecule has 28 heavy (non-hydrogen) atoms. The Labute approximate surface area is 170 Å². The van der Waals surface area contributed by atoms with Crippen molar-refractivity contribution in [1.82, 2.24) is 0 Å². The Kier molecular flexibility index (Phi) is 4.71. The van der Waals surface area contributed by atoms with Gasteiger partial charge >= 0.3 is 0 Å². The summed E-state index contributed by atoms with van der Waals surface area (Å²) in [4.78, 5) is 0. The maximum absolute atomic E-state index is 11.4. The van der Waals surface area contributed by atoms with Crippen LogP contribution < -0.4 is 0 Å². The zero-order chi connectivity index (χ0) is 19.7. The molecule has 4 heteroatoms. The van der Waals surface area contributed by atoms with Gasteiger partial charge in [0, 0.05) is 19.4 Å². The van der Waals surface area contributed by atoms with Crippen molar-refractivity contribution >= 4 is 0 Å². The standard InChI is InChI=1S/C24H40O4/c1-15(14-25)17-4-5-18-21-19(6-7-23(17,18)3)22(2)8-9-24(27-10-11-28-24)13-16(22)12-20(21)26/h15-21,25-26H,4-14H2,1-3H3/t15-,16?,17?,18?,19?,20?,21?,22+,23-/m1/s1. The minimum Gasteiger partial charge on any atom is -0.396 e. The van der Waals surface area contributed by atoms with E-state index in [1.54, 1.807) is 0 Å². The second kappa shape index (κ2) is 6.67. The molecule has 0 aromatic heterocycles. The number of aliphatic hydroxyl groups excluding tert-OH is 2. The van der Waals surface area contributed by atoms with Gasteiger partial charge in [-0.2, -0.15) is 0 Å². The molecule has 4 nitrogen and oxygen atoms in total. The van der Waals surface area contributed by atoms with Gasteiger partial charge in [0.15, 0.2) is 5.79 Å². The summed E-state index contributed by atoms with van der Waals surface area (Å²) in [5.74, 6) is 2.82. The van der Waals surface area contributed by atoms with Crippen LogP contribution in [0.4, 0.5) is 0 Å². The van der Waals surface area contributed by atoms with E-state index in [9.17, 15) is 10.2 Å². The molecule has 1 heterocycles. The minimum absolute atomic E-state index is 0.188. The smallest absolute Gasteiger partial charge is 0.168 e. The van der Waals surface area contributed by atoms with Crippen molar-refractivity contribution in [2.24, 2.45) is 46.3 Å². The van der Waals surface area contributed by atoms with Crippen LogP contribution in [-0.2, 0) is 9.47 Å². The molecule has 0 bridgehead atoms. The molecule has 160 valence electrons. The van der Waals surface area contributed by atoms with Crippen molar-refractivity contribution in [3.05, 3.63) is 0 Å². The summed E-state index contributed by atoms with van der Waals surface area (Å²) < 4.78 is 12.1. The monoisotopic (exact) mass is 392 g/mol. The van der Waals surface area contributed by atoms with E-state index >= 15 is 0 Å². The predicted octanol–water partition coefficient (Wildman–Crippen LogP) is 3.99. The lowest BCUT2D eigenvalue weighted by atomic mass is 9.43. The first-order chi connectivity index (χ1) is 13.3. The van der Waals surface area contributed by atoms with E-state index < -0.39 is 0 Å². The zero-order valence-corrected chi connectivity index (χ0v) is 18.0. The molecular weight excluding hydrogens is 352 g/mol. The van der Waals surface area contributed by atoms with Gasteiger partial charge in [-0.3, -0.25) is 0 Å². The molecule has 5 aliphatic rings. The average molecular weight is 393 g/mol. The van der Waals surface area contributed by atoms with Gasteiger partial charge in [-0.05, 0) is 84.9 Å². The lowest BCUT2D eigenvalue weighted by molar-refractivity contribution is -0.243. The maximum atomic E-state index is 11.4. The average Bonchev–Trinajstić information content (AvgIpc) is 3.27. The Balaban J connectivity index is 1.42. The van der Waals surface area contributed by atoms with E-state index in [0.717, 1.165) is 32.5 Å². The van der Waals surface area contributed by atoms with E-state index in [4.69, 9.17) is 9.47 Å². The third-order valence-electron chi connectivity index (χ3n) is 10.5. The summed E-state index contributed by atoms with van der Waals surface area (Å²) in [5, 5.41) is 21.2. The lowest BCUT2D eigenvalue weighted by Crippen LogP contribution is -2.60. The highest BCUT2D eigenvalue weighted by Gasteiger charge is 2.64. The van der Waals surface area contributed by atoms with Crippen LogP contribution in [0.15, 0.2) is 0 Å². The fourth-order valence-electron chi connectivity index (χ4n) is 9.03. The van der Waals surface area contributed by atoms with Crippen LogP contribution >= 0.6 is 0 Å². The summed E-state index contributed by atoms with van der Waals surface area (Å²) in [5.41, 5.74) is 0.605. The fraction of sp³-hybridized carbons (Fsp3) is 1.00. The Morgan fingerprint density at radius 2 is 1.68 bits per heavy atom. The van der Waals surface area contributed by atoms with E-state index in [1.807, 2.05) is 0 Å². The number of hydrogen-bond acceptors (Lipinski definition) is 4. The molecule has 5 fully saturated rings. The third-order valence-corrected chi connectivity index (χ3v) is 10.5. The molecule has 2 N–H and O–H groups in total. The molecule has 6 unspecified atom stereocenters. The summed E-state index contributed by atoms with van der Waals surface area (Å²) in [6.07, 6.45) is 8.86. The largest absolute Gasteiger partial charge is 0.396 e. The first-order valence-corrected chi connectivity index (χ1v) is 11.9. The first kappa shape index (κ1) is 19.8. The Bertz CT molecular complexity index is 601. The van der Waals surface area contributed by atoms with Crippen LogP contribution in [-0.4, -0.2) is 41.9 Å². The van der Waals surface area contributed by atoms with Crippen LogP contribution in [0.2, 0.25) is 0 Å². The summed E-state index contributed by atoms with van der Waals surface area (Å²) in [6.45, 7) is 8.97. The van der Waals surface area contributed by atoms with Crippen molar-refractivity contribution in [3.63, 3.8) is 0 Å². The topological polar surface area (TPSA) is 58.9 Å². The summed E-state index contributed by atoms with van der Waals surface area (Å²) >= 11 is 0. The van der Waals surface area contributed by atoms with Gasteiger partial charge in [-0.25, -0.2) is 0 Å². The van der Waals surface area contributed by atoms with Crippen molar-refractivity contribution in [2.75, 3.05) is 19.8 Å². The number of ether oxygens (including phenoxy) is 2. The number of aliphatic hydroxyl groups is 2. The summed E-state index contributed by atoms with van der Waals surface area (Å²) in [6, 6.07) is 0. The maximum Gasteiger partial charge on any atom is 0.168 e. The van der Waals surface area contributed by atoms with E-state index in [2.05, 4.69) is 20.8 Å². The Hall–Kier alpha value is -0.160. The van der Waals surface area contributed by atoms with Crippen LogP contribution in [0.3, 0.4) is 0 Å². The highest BCUT2D eigenvalue weighted by atomic mass is 16.7. The van der Waals surface area contributed by atoms with Crippen LogP contribution in [0, 0.1) is 46.3 Å². The molecule has 0 radical (unpaired) electrons. The molecule has 0 amide bonds. The molecule has 9 atom stereocenters. The Morgan fingerprint density at radius 1 is 0.964 bits per heavy atom. The van der Waals surface area contributed by atoms with E-state index in [-0.39, 0.29) is 11.9 Å². The second-order valence-electron chi connectivity index (χ2n) is 11.5. The van der Waals surface area contributed by atoms with Gasteiger partial charge < -0.3 is 19.7 Å². The van der Waals surface area contributed by atoms with Crippen molar-refractivity contribution in [1.29, 1.82) is 0 Å². The quantitative estimate of drug-likeness (QED) is 0.746. The van der Waals surface area contributed by atoms with E-state index in [1.165, 1.54) is 32.1 Å². The van der Waals surface area contributed by atoms with Gasteiger partial charge in [0.1, 0.15) is 0 Å². The van der Waals surface area contributed by atoms with Crippen molar-refractivity contribution in [3.8, 4) is 0 Å². The van der Waals surface area contributed by atoms with Gasteiger partial charge in [-0.1, -0.05) is 20.8 Å². The molecule has 1 saturated heterocycles. The van der Waals surface area contributed by atoms with Crippen LogP contribution in [0.1, 0.15) is 72.1 Å². The normalized spacial score (nSPS) is 53.5. The number of fused-ring (bicyclic) bond motifs is 5. The molecule has 4 aliphatic carbocycles. The summed E-state index contributed by atoms with van der Waals surface area (Å²) in [7, 11) is 0. The molecule has 4 saturated carbocycles. The predicted molar refractivity (Wildman–Crippen MR) is 107 cm³/mol. The van der Waals surface area contributed by atoms with Gasteiger partial charge in [-0.15, -0.1) is 0 Å². The molecule has 5 rings (SSSR count). The van der Waals surface area contributed by atoms with Gasteiger partial charge in [0.25, 0.3) is 0 Å². The minimum atomic E-state index is -0.352. The van der Waals surface area contributed by atoms with Crippen LogP contribution in [0.5, 0.6) is 0 Å². The molecule has 0 aromatic rings. The molecular formula is C24H40O4. The van der Waals surface area contributed by atoms with Crippen molar-refractivity contribution in [2.45, 2.75) is 84.0 Å². The molecule has 1 spiro atoms. The molecule has 1 aliphatic heterocycles. The third kappa shape index (κ3) is 2.63. The highest BCUT2D eigenvalue weighted by molar-refractivity contribution is 5.12. The number of hydrogen-bond donors (Lipinski definition) is 2. The van der Waals surface area contributed by atoms with Gasteiger partial charge in [0.2, 0.25) is 0 Å². The van der Waals surface area contributed by atoms with Crippen LogP contribution in [0.25, 0.3) is 0 Å². The first-order valence-electron chi connectivity index (χ1n) is 11.9. The second-order valence-corrected chi connectivity index (χ2v) is 11.5. The zero-order valence-electron chi connectivity index (χ0n) is 18.0. The number of rotatable bonds is 2. The SMILES string of the molecule is C[C@H](CO)C1CCC2C3C(O)CC4CC5(CC[C@]4(C)C3CC[C@@]21C)OCCO5. The van der Waals surface area contributed by atoms with Gasteiger partial charge in [0.05, 0.1) is 19.3 Å².